The third kappa shape index (κ3) is 4.31. The van der Waals surface area contributed by atoms with Crippen LogP contribution in [0.3, 0.4) is 0 Å². The molecule has 68 valence electrons. The molecule has 1 N–H and O–H groups in total. The summed E-state index contributed by atoms with van der Waals surface area (Å²) in [6.45, 7) is 0.642. The first-order chi connectivity index (χ1) is 5.26. The van der Waals surface area contributed by atoms with E-state index in [1.165, 1.54) is 14.2 Å². The fourth-order valence-electron chi connectivity index (χ4n) is 0.779. The monoisotopic (exact) mass is 164 g/mol. The summed E-state index contributed by atoms with van der Waals surface area (Å²) < 4.78 is 14.5. The first kappa shape index (κ1) is 10.8. The summed E-state index contributed by atoms with van der Waals surface area (Å²) in [5.41, 5.74) is 0. The van der Waals surface area contributed by atoms with Crippen LogP contribution in [0.1, 0.15) is 0 Å². The van der Waals surface area contributed by atoms with Crippen molar-refractivity contribution in [1.82, 2.24) is 0 Å². The summed E-state index contributed by atoms with van der Waals surface area (Å²) in [5.74, 6) is 0. The van der Waals surface area contributed by atoms with E-state index in [1.807, 2.05) is 0 Å². The maximum Gasteiger partial charge on any atom is 0.108 e. The van der Waals surface area contributed by atoms with Crippen molar-refractivity contribution in [3.63, 3.8) is 0 Å². The van der Waals surface area contributed by atoms with Crippen molar-refractivity contribution in [3.05, 3.63) is 0 Å². The number of hydrogen-bond donors (Lipinski definition) is 1. The Kier molecular flexibility index (Phi) is 6.45. The van der Waals surface area contributed by atoms with Gasteiger partial charge in [-0.15, -0.1) is 0 Å². The van der Waals surface area contributed by atoms with Gasteiger partial charge in [0.25, 0.3) is 0 Å². The van der Waals surface area contributed by atoms with E-state index in [-0.39, 0.29) is 12.7 Å². The van der Waals surface area contributed by atoms with E-state index in [2.05, 4.69) is 0 Å². The van der Waals surface area contributed by atoms with Crippen LogP contribution in [-0.2, 0) is 14.2 Å². The highest BCUT2D eigenvalue weighted by Crippen LogP contribution is 1.98. The fraction of sp³-hybridized carbons (Fsp3) is 1.00. The molecule has 2 unspecified atom stereocenters. The molecule has 0 radical (unpaired) electrons. The minimum atomic E-state index is -0.620. The van der Waals surface area contributed by atoms with Crippen molar-refractivity contribution < 1.29 is 19.3 Å². The van der Waals surface area contributed by atoms with Crippen LogP contribution in [0.2, 0.25) is 0 Å². The van der Waals surface area contributed by atoms with Crippen molar-refractivity contribution in [1.29, 1.82) is 0 Å². The average Bonchev–Trinajstić information content (AvgIpc) is 2.00. The molecule has 0 aromatic rings. The average molecular weight is 164 g/mol. The molecule has 0 heterocycles. The van der Waals surface area contributed by atoms with E-state index in [4.69, 9.17) is 14.2 Å². The molecule has 11 heavy (non-hydrogen) atoms. The van der Waals surface area contributed by atoms with Gasteiger partial charge in [-0.3, -0.25) is 0 Å². The third-order valence-corrected chi connectivity index (χ3v) is 1.40. The first-order valence-electron chi connectivity index (χ1n) is 3.45. The largest absolute Gasteiger partial charge is 0.388 e. The number of rotatable bonds is 6. The van der Waals surface area contributed by atoms with Gasteiger partial charge >= 0.3 is 0 Å². The van der Waals surface area contributed by atoms with Gasteiger partial charge in [-0.1, -0.05) is 0 Å². The molecule has 0 saturated carbocycles. The Morgan fingerprint density at radius 1 is 1.09 bits per heavy atom. The van der Waals surface area contributed by atoms with E-state index >= 15 is 0 Å². The summed E-state index contributed by atoms with van der Waals surface area (Å²) in [6.07, 6.45) is -0.926. The van der Waals surface area contributed by atoms with Crippen molar-refractivity contribution in [3.8, 4) is 0 Å². The molecule has 0 aliphatic carbocycles. The summed E-state index contributed by atoms with van der Waals surface area (Å²) >= 11 is 0. The third-order valence-electron chi connectivity index (χ3n) is 1.40. The van der Waals surface area contributed by atoms with Crippen LogP contribution in [0.15, 0.2) is 0 Å². The van der Waals surface area contributed by atoms with E-state index in [9.17, 15) is 5.11 Å². The van der Waals surface area contributed by atoms with Gasteiger partial charge in [0.05, 0.1) is 13.2 Å². The molecule has 4 nitrogen and oxygen atoms in total. The zero-order chi connectivity index (χ0) is 8.69. The van der Waals surface area contributed by atoms with Crippen molar-refractivity contribution in [2.45, 2.75) is 12.2 Å². The second kappa shape index (κ2) is 6.54. The summed E-state index contributed by atoms with van der Waals surface area (Å²) in [6, 6.07) is 0. The quantitative estimate of drug-likeness (QED) is 0.583. The van der Waals surface area contributed by atoms with Gasteiger partial charge in [-0.25, -0.2) is 0 Å². The molecule has 0 saturated heterocycles. The van der Waals surface area contributed by atoms with Gasteiger partial charge in [0, 0.05) is 21.3 Å². The number of methoxy groups -OCH3 is 3. The summed E-state index contributed by atoms with van der Waals surface area (Å²) in [7, 11) is 4.62. The second-order valence-electron chi connectivity index (χ2n) is 2.25. The highest BCUT2D eigenvalue weighted by atomic mass is 16.5. The van der Waals surface area contributed by atoms with Crippen molar-refractivity contribution in [2.75, 3.05) is 34.5 Å². The number of aliphatic hydroxyl groups excluding tert-OH is 1. The molecular weight excluding hydrogens is 148 g/mol. The van der Waals surface area contributed by atoms with Crippen LogP contribution < -0.4 is 0 Å². The molecule has 2 atom stereocenters. The van der Waals surface area contributed by atoms with Crippen LogP contribution in [0.25, 0.3) is 0 Å². The number of ether oxygens (including phenoxy) is 3. The van der Waals surface area contributed by atoms with Gasteiger partial charge in [-0.05, 0) is 0 Å². The van der Waals surface area contributed by atoms with E-state index < -0.39 is 6.10 Å². The maximum atomic E-state index is 9.31. The molecular formula is C7H16O4. The molecule has 0 rings (SSSR count). The zero-order valence-corrected chi connectivity index (χ0v) is 7.24. The minimum Gasteiger partial charge on any atom is -0.388 e. The Labute approximate surface area is 67.1 Å². The molecule has 0 aromatic heterocycles. The number of hydrogen-bond acceptors (Lipinski definition) is 4. The maximum absolute atomic E-state index is 9.31. The van der Waals surface area contributed by atoms with Crippen LogP contribution in [0.4, 0.5) is 0 Å². The van der Waals surface area contributed by atoms with Crippen LogP contribution in [0.5, 0.6) is 0 Å². The molecule has 0 fully saturated rings. The highest BCUT2D eigenvalue weighted by Gasteiger charge is 2.17. The molecule has 0 aliphatic heterocycles. The lowest BCUT2D eigenvalue weighted by molar-refractivity contribution is -0.0747. The van der Waals surface area contributed by atoms with E-state index in [0.717, 1.165) is 0 Å². The summed E-state index contributed by atoms with van der Waals surface area (Å²) in [5, 5.41) is 9.31. The lowest BCUT2D eigenvalue weighted by atomic mass is 10.2. The van der Waals surface area contributed by atoms with Crippen LogP contribution >= 0.6 is 0 Å². The Morgan fingerprint density at radius 3 is 2.00 bits per heavy atom. The normalized spacial score (nSPS) is 16.4. The van der Waals surface area contributed by atoms with Gasteiger partial charge in [-0.2, -0.15) is 0 Å². The smallest absolute Gasteiger partial charge is 0.108 e. The molecule has 0 amide bonds. The Morgan fingerprint density at radius 2 is 1.64 bits per heavy atom. The standard InChI is InChI=1S/C7H16O4/c1-9-4-6(8)7(11-3)5-10-2/h6-8H,4-5H2,1-3H3. The van der Waals surface area contributed by atoms with Gasteiger partial charge < -0.3 is 19.3 Å². The molecule has 0 aromatic carbocycles. The molecule has 0 bridgehead atoms. The first-order valence-corrected chi connectivity index (χ1v) is 3.45. The van der Waals surface area contributed by atoms with Gasteiger partial charge in [0.1, 0.15) is 12.2 Å². The topological polar surface area (TPSA) is 47.9 Å². The van der Waals surface area contributed by atoms with Crippen LogP contribution in [0, 0.1) is 0 Å². The zero-order valence-electron chi connectivity index (χ0n) is 7.24. The van der Waals surface area contributed by atoms with Crippen molar-refractivity contribution >= 4 is 0 Å². The van der Waals surface area contributed by atoms with E-state index in [0.29, 0.717) is 6.61 Å². The fourth-order valence-corrected chi connectivity index (χ4v) is 0.779. The van der Waals surface area contributed by atoms with Crippen LogP contribution in [-0.4, -0.2) is 51.9 Å². The second-order valence-corrected chi connectivity index (χ2v) is 2.25. The predicted octanol–water partition coefficient (Wildman–Crippen LogP) is -0.345. The SMILES string of the molecule is COCC(O)C(COC)OC. The van der Waals surface area contributed by atoms with Gasteiger partial charge in [0.2, 0.25) is 0 Å². The van der Waals surface area contributed by atoms with Crippen molar-refractivity contribution in [2.24, 2.45) is 0 Å². The van der Waals surface area contributed by atoms with E-state index in [1.54, 1.807) is 7.11 Å². The Bertz CT molecular complexity index is 86.5. The molecule has 4 heteroatoms. The Balaban J connectivity index is 3.61. The summed E-state index contributed by atoms with van der Waals surface area (Å²) in [4.78, 5) is 0. The lowest BCUT2D eigenvalue weighted by Crippen LogP contribution is -2.35. The number of aliphatic hydroxyl groups is 1. The molecule has 0 spiro atoms. The highest BCUT2D eigenvalue weighted by molar-refractivity contribution is 4.66. The lowest BCUT2D eigenvalue weighted by Gasteiger charge is -2.19. The Hall–Kier alpha value is -0.160. The molecule has 0 aliphatic rings. The predicted molar refractivity (Wildman–Crippen MR) is 40.6 cm³/mol. The minimum absolute atomic E-state index is 0.266. The van der Waals surface area contributed by atoms with Gasteiger partial charge in [0.15, 0.2) is 0 Å².